The number of carbonyl (C=O) groups excluding carboxylic acids is 1. The fourth-order valence-corrected chi connectivity index (χ4v) is 2.02. The highest BCUT2D eigenvalue weighted by molar-refractivity contribution is 5.81. The van der Waals surface area contributed by atoms with E-state index in [0.29, 0.717) is 18.8 Å². The van der Waals surface area contributed by atoms with Crippen LogP contribution in [0.1, 0.15) is 33.3 Å². The molecular weight excluding hydrogens is 269 g/mol. The number of hydrogen-bond acceptors (Lipinski definition) is 3. The van der Waals surface area contributed by atoms with Gasteiger partial charge in [-0.3, -0.25) is 4.79 Å². The SMILES string of the molecule is CCN(CC(=O)NC)c1c(F)cccc1CNC(C)(C)C. The first kappa shape index (κ1) is 17.4. The van der Waals surface area contributed by atoms with Gasteiger partial charge >= 0.3 is 0 Å². The summed E-state index contributed by atoms with van der Waals surface area (Å²) in [5.41, 5.74) is 1.30. The summed E-state index contributed by atoms with van der Waals surface area (Å²) in [6.45, 7) is 9.38. The highest BCUT2D eigenvalue weighted by Gasteiger charge is 2.18. The summed E-state index contributed by atoms with van der Waals surface area (Å²) in [5.74, 6) is -0.427. The molecule has 0 heterocycles. The fraction of sp³-hybridized carbons (Fsp3) is 0.562. The molecule has 1 amide bonds. The molecule has 0 aliphatic heterocycles. The van der Waals surface area contributed by atoms with Gasteiger partial charge in [0.25, 0.3) is 0 Å². The third-order valence-electron chi connectivity index (χ3n) is 3.19. The Morgan fingerprint density at radius 2 is 2.00 bits per heavy atom. The largest absolute Gasteiger partial charge is 0.360 e. The number of benzene rings is 1. The summed E-state index contributed by atoms with van der Waals surface area (Å²) in [4.78, 5) is 13.4. The minimum atomic E-state index is -0.297. The average Bonchev–Trinajstić information content (AvgIpc) is 2.42. The lowest BCUT2D eigenvalue weighted by molar-refractivity contribution is -0.119. The van der Waals surface area contributed by atoms with Crippen LogP contribution in [0.5, 0.6) is 0 Å². The summed E-state index contributed by atoms with van der Waals surface area (Å²) in [6.07, 6.45) is 0. The summed E-state index contributed by atoms with van der Waals surface area (Å²) in [5, 5.41) is 5.93. The van der Waals surface area contributed by atoms with Crippen molar-refractivity contribution >= 4 is 11.6 Å². The minimum absolute atomic E-state index is 0.0541. The van der Waals surface area contributed by atoms with Crippen molar-refractivity contribution in [1.82, 2.24) is 10.6 Å². The van der Waals surface area contributed by atoms with Crippen molar-refractivity contribution in [3.63, 3.8) is 0 Å². The van der Waals surface area contributed by atoms with Crippen LogP contribution in [0.2, 0.25) is 0 Å². The molecule has 0 aliphatic carbocycles. The Balaban J connectivity index is 3.05. The van der Waals surface area contributed by atoms with Crippen molar-refractivity contribution in [2.75, 3.05) is 25.0 Å². The van der Waals surface area contributed by atoms with Crippen LogP contribution in [0, 0.1) is 5.82 Å². The first-order valence-electron chi connectivity index (χ1n) is 7.26. The molecule has 1 rings (SSSR count). The van der Waals surface area contributed by atoms with E-state index < -0.39 is 0 Å². The van der Waals surface area contributed by atoms with Gasteiger partial charge in [-0.1, -0.05) is 12.1 Å². The molecule has 4 nitrogen and oxygen atoms in total. The molecule has 0 bridgehead atoms. The predicted molar refractivity (Wildman–Crippen MR) is 84.9 cm³/mol. The van der Waals surface area contributed by atoms with Crippen molar-refractivity contribution in [3.05, 3.63) is 29.6 Å². The van der Waals surface area contributed by atoms with E-state index >= 15 is 0 Å². The van der Waals surface area contributed by atoms with E-state index in [4.69, 9.17) is 0 Å². The summed E-state index contributed by atoms with van der Waals surface area (Å²) in [7, 11) is 1.58. The van der Waals surface area contributed by atoms with Gasteiger partial charge in [-0.25, -0.2) is 4.39 Å². The number of nitrogens with one attached hydrogen (secondary N) is 2. The number of rotatable bonds is 6. The van der Waals surface area contributed by atoms with E-state index in [1.165, 1.54) is 6.07 Å². The first-order valence-corrected chi connectivity index (χ1v) is 7.26. The highest BCUT2D eigenvalue weighted by atomic mass is 19.1. The van der Waals surface area contributed by atoms with Crippen LogP contribution in [0.4, 0.5) is 10.1 Å². The van der Waals surface area contributed by atoms with Gasteiger partial charge in [0.05, 0.1) is 12.2 Å². The van der Waals surface area contributed by atoms with Crippen LogP contribution in [-0.4, -0.2) is 31.6 Å². The number of hydrogen-bond donors (Lipinski definition) is 2. The van der Waals surface area contributed by atoms with Crippen LogP contribution in [0.15, 0.2) is 18.2 Å². The molecule has 1 aromatic carbocycles. The zero-order chi connectivity index (χ0) is 16.0. The second kappa shape index (κ2) is 7.41. The maximum Gasteiger partial charge on any atom is 0.239 e. The molecule has 0 spiro atoms. The predicted octanol–water partition coefficient (Wildman–Crippen LogP) is 2.29. The van der Waals surface area contributed by atoms with E-state index in [1.54, 1.807) is 18.0 Å². The smallest absolute Gasteiger partial charge is 0.239 e. The maximum absolute atomic E-state index is 14.3. The van der Waals surface area contributed by atoms with Gasteiger partial charge in [0.15, 0.2) is 0 Å². The van der Waals surface area contributed by atoms with Crippen LogP contribution in [0.25, 0.3) is 0 Å². The van der Waals surface area contributed by atoms with Crippen LogP contribution in [0.3, 0.4) is 0 Å². The van der Waals surface area contributed by atoms with E-state index in [9.17, 15) is 9.18 Å². The molecule has 0 saturated heterocycles. The van der Waals surface area contributed by atoms with Crippen LogP contribution in [-0.2, 0) is 11.3 Å². The third-order valence-corrected chi connectivity index (χ3v) is 3.19. The summed E-state index contributed by atoms with van der Waals surface area (Å²) in [6, 6.07) is 5.03. The highest BCUT2D eigenvalue weighted by Crippen LogP contribution is 2.25. The Labute approximate surface area is 126 Å². The molecule has 0 fully saturated rings. The van der Waals surface area contributed by atoms with Crippen molar-refractivity contribution in [2.24, 2.45) is 0 Å². The topological polar surface area (TPSA) is 44.4 Å². The molecule has 0 unspecified atom stereocenters. The molecule has 0 atom stereocenters. The molecule has 0 saturated carbocycles. The van der Waals surface area contributed by atoms with Gasteiger partial charge in [0.2, 0.25) is 5.91 Å². The summed E-state index contributed by atoms with van der Waals surface area (Å²) >= 11 is 0. The zero-order valence-corrected chi connectivity index (χ0v) is 13.6. The number of halogens is 1. The van der Waals surface area contributed by atoms with Gasteiger partial charge in [0.1, 0.15) is 5.82 Å². The number of carbonyl (C=O) groups is 1. The van der Waals surface area contributed by atoms with Gasteiger partial charge in [-0.15, -0.1) is 0 Å². The lowest BCUT2D eigenvalue weighted by Gasteiger charge is -2.27. The lowest BCUT2D eigenvalue weighted by Crippen LogP contribution is -2.38. The van der Waals surface area contributed by atoms with Crippen molar-refractivity contribution < 1.29 is 9.18 Å². The van der Waals surface area contributed by atoms with Gasteiger partial charge in [-0.05, 0) is 39.3 Å². The molecular formula is C16H26FN3O. The minimum Gasteiger partial charge on any atom is -0.360 e. The fourth-order valence-electron chi connectivity index (χ4n) is 2.02. The number of nitrogens with zero attached hydrogens (tertiary/aromatic N) is 1. The molecule has 118 valence electrons. The summed E-state index contributed by atoms with van der Waals surface area (Å²) < 4.78 is 14.3. The quantitative estimate of drug-likeness (QED) is 0.846. The number of likely N-dealkylation sites (N-methyl/N-ethyl adjacent to an activating group) is 2. The molecule has 0 aromatic heterocycles. The molecule has 0 aliphatic rings. The van der Waals surface area contributed by atoms with E-state index in [-0.39, 0.29) is 23.8 Å². The van der Waals surface area contributed by atoms with E-state index in [2.05, 4.69) is 31.4 Å². The Hall–Kier alpha value is -1.62. The molecule has 5 heteroatoms. The van der Waals surface area contributed by atoms with E-state index in [0.717, 1.165) is 5.56 Å². The Kier molecular flexibility index (Phi) is 6.15. The standard InChI is InChI=1S/C16H26FN3O/c1-6-20(11-14(21)18-5)15-12(8-7-9-13(15)17)10-19-16(2,3)4/h7-9,19H,6,10-11H2,1-5H3,(H,18,21). The van der Waals surface area contributed by atoms with Crippen molar-refractivity contribution in [3.8, 4) is 0 Å². The molecule has 1 aromatic rings. The number of amides is 1. The van der Waals surface area contributed by atoms with Crippen LogP contribution < -0.4 is 15.5 Å². The Morgan fingerprint density at radius 1 is 1.33 bits per heavy atom. The normalized spacial score (nSPS) is 11.3. The molecule has 21 heavy (non-hydrogen) atoms. The van der Waals surface area contributed by atoms with Crippen LogP contribution >= 0.6 is 0 Å². The monoisotopic (exact) mass is 295 g/mol. The van der Waals surface area contributed by atoms with Gasteiger partial charge in [0, 0.05) is 25.7 Å². The Morgan fingerprint density at radius 3 is 2.52 bits per heavy atom. The first-order chi connectivity index (χ1) is 9.78. The van der Waals surface area contributed by atoms with E-state index in [1.807, 2.05) is 13.0 Å². The van der Waals surface area contributed by atoms with Crippen molar-refractivity contribution in [2.45, 2.75) is 39.8 Å². The number of para-hydroxylation sites is 1. The Bertz CT molecular complexity index is 483. The van der Waals surface area contributed by atoms with Gasteiger partial charge < -0.3 is 15.5 Å². The lowest BCUT2D eigenvalue weighted by atomic mass is 10.1. The second-order valence-corrected chi connectivity index (χ2v) is 6.04. The zero-order valence-electron chi connectivity index (χ0n) is 13.6. The molecule has 0 radical (unpaired) electrons. The molecule has 2 N–H and O–H groups in total. The van der Waals surface area contributed by atoms with Crippen molar-refractivity contribution in [1.29, 1.82) is 0 Å². The maximum atomic E-state index is 14.3. The second-order valence-electron chi connectivity index (χ2n) is 6.04. The third kappa shape index (κ3) is 5.34. The average molecular weight is 295 g/mol. The number of anilines is 1. The van der Waals surface area contributed by atoms with Gasteiger partial charge in [-0.2, -0.15) is 0 Å².